The number of methoxy groups -OCH3 is 1. The molecule has 1 saturated carbocycles. The molecule has 0 aromatic heterocycles. The van der Waals surface area contributed by atoms with Crippen LogP contribution in [0.1, 0.15) is 46.0 Å². The van der Waals surface area contributed by atoms with Gasteiger partial charge >= 0.3 is 0 Å². The molecule has 0 aromatic carbocycles. The number of hydrogen-bond acceptors (Lipinski definition) is 4. The summed E-state index contributed by atoms with van der Waals surface area (Å²) in [6.45, 7) is 9.54. The van der Waals surface area contributed by atoms with Gasteiger partial charge in [0, 0.05) is 33.3 Å². The van der Waals surface area contributed by atoms with Gasteiger partial charge in [0.15, 0.2) is 0 Å². The minimum atomic E-state index is -0.309. The number of carbonyl (C=O) groups is 1. The number of carbonyl (C=O) groups excluding carboxylic acids is 1. The molecule has 3 atom stereocenters. The number of rotatable bonds is 6. The van der Waals surface area contributed by atoms with Crippen molar-refractivity contribution in [3.8, 4) is 0 Å². The number of hydrogen-bond donors (Lipinski definition) is 0. The highest BCUT2D eigenvalue weighted by molar-refractivity contribution is 5.80. The van der Waals surface area contributed by atoms with Gasteiger partial charge in [-0.15, -0.1) is 0 Å². The summed E-state index contributed by atoms with van der Waals surface area (Å²) in [5.74, 6) is 0.889. The molecule has 5 nitrogen and oxygen atoms in total. The van der Waals surface area contributed by atoms with Gasteiger partial charge in [0.2, 0.25) is 0 Å². The van der Waals surface area contributed by atoms with E-state index in [0.717, 1.165) is 64.5 Å². The van der Waals surface area contributed by atoms with Crippen molar-refractivity contribution in [3.63, 3.8) is 0 Å². The first kappa shape index (κ1) is 18.7. The molecule has 23 heavy (non-hydrogen) atoms. The van der Waals surface area contributed by atoms with Crippen molar-refractivity contribution in [3.05, 3.63) is 0 Å². The molecule has 1 heterocycles. The van der Waals surface area contributed by atoms with E-state index in [1.165, 1.54) is 12.8 Å². The lowest BCUT2D eigenvalue weighted by Crippen LogP contribution is -2.43. The standard InChI is InChI=1S/C18H34N2O3/c1-15-6-4-7-17(14-15)23-16(2)18(21)20-9-5-8-19(10-11-20)12-13-22-3/h15-17H,4-14H2,1-3H3/t15-,16+,17-/m1/s1. The van der Waals surface area contributed by atoms with Crippen molar-refractivity contribution in [2.45, 2.75) is 58.2 Å². The number of ether oxygens (including phenoxy) is 2. The maximum absolute atomic E-state index is 12.7. The second kappa shape index (κ2) is 9.60. The van der Waals surface area contributed by atoms with Gasteiger partial charge in [0.05, 0.1) is 12.7 Å². The molecule has 1 aliphatic carbocycles. The largest absolute Gasteiger partial charge is 0.383 e. The average molecular weight is 326 g/mol. The van der Waals surface area contributed by atoms with Gasteiger partial charge in [-0.05, 0) is 38.6 Å². The molecule has 0 N–H and O–H groups in total. The van der Waals surface area contributed by atoms with E-state index < -0.39 is 0 Å². The van der Waals surface area contributed by atoms with Crippen LogP contribution >= 0.6 is 0 Å². The van der Waals surface area contributed by atoms with Gasteiger partial charge in [-0.2, -0.15) is 0 Å². The quantitative estimate of drug-likeness (QED) is 0.750. The summed E-state index contributed by atoms with van der Waals surface area (Å²) in [5.41, 5.74) is 0. The second-order valence-corrected chi connectivity index (χ2v) is 7.19. The molecule has 0 aromatic rings. The predicted molar refractivity (Wildman–Crippen MR) is 91.5 cm³/mol. The Morgan fingerprint density at radius 1 is 1.17 bits per heavy atom. The van der Waals surface area contributed by atoms with Crippen LogP contribution in [0.2, 0.25) is 0 Å². The van der Waals surface area contributed by atoms with Crippen LogP contribution in [0.3, 0.4) is 0 Å². The fourth-order valence-corrected chi connectivity index (χ4v) is 3.74. The molecule has 0 bridgehead atoms. The molecule has 2 aliphatic rings. The van der Waals surface area contributed by atoms with E-state index in [4.69, 9.17) is 9.47 Å². The summed E-state index contributed by atoms with van der Waals surface area (Å²) >= 11 is 0. The second-order valence-electron chi connectivity index (χ2n) is 7.19. The molecular formula is C18H34N2O3. The summed E-state index contributed by atoms with van der Waals surface area (Å²) in [5, 5.41) is 0. The monoisotopic (exact) mass is 326 g/mol. The maximum atomic E-state index is 12.7. The SMILES string of the molecule is COCCN1CCCN(C(=O)[C@H](C)O[C@@H]2CCC[C@@H](C)C2)CC1. The molecule has 0 spiro atoms. The van der Waals surface area contributed by atoms with Gasteiger partial charge < -0.3 is 14.4 Å². The van der Waals surface area contributed by atoms with E-state index in [2.05, 4.69) is 11.8 Å². The lowest BCUT2D eigenvalue weighted by molar-refractivity contribution is -0.147. The van der Waals surface area contributed by atoms with Crippen LogP contribution in [0.4, 0.5) is 0 Å². The Morgan fingerprint density at radius 3 is 2.74 bits per heavy atom. The molecule has 2 fully saturated rings. The summed E-state index contributed by atoms with van der Waals surface area (Å²) in [6.07, 6.45) is 5.72. The van der Waals surface area contributed by atoms with Crippen molar-refractivity contribution in [2.75, 3.05) is 46.4 Å². The molecule has 134 valence electrons. The van der Waals surface area contributed by atoms with Gasteiger partial charge in [0.25, 0.3) is 5.91 Å². The van der Waals surface area contributed by atoms with Crippen LogP contribution in [0, 0.1) is 5.92 Å². The van der Waals surface area contributed by atoms with E-state index in [-0.39, 0.29) is 18.1 Å². The molecule has 0 unspecified atom stereocenters. The summed E-state index contributed by atoms with van der Waals surface area (Å²) < 4.78 is 11.2. The van der Waals surface area contributed by atoms with E-state index in [1.54, 1.807) is 7.11 Å². The summed E-state index contributed by atoms with van der Waals surface area (Å²) in [7, 11) is 1.73. The number of nitrogens with zero attached hydrogens (tertiary/aromatic N) is 2. The van der Waals surface area contributed by atoms with E-state index in [9.17, 15) is 4.79 Å². The van der Waals surface area contributed by atoms with Crippen LogP contribution in [0.25, 0.3) is 0 Å². The average Bonchev–Trinajstić information content (AvgIpc) is 2.77. The van der Waals surface area contributed by atoms with Crippen molar-refractivity contribution >= 4 is 5.91 Å². The third-order valence-corrected chi connectivity index (χ3v) is 5.14. The third kappa shape index (κ3) is 6.05. The zero-order valence-corrected chi connectivity index (χ0v) is 15.1. The molecule has 1 aliphatic heterocycles. The Bertz CT molecular complexity index is 364. The lowest BCUT2D eigenvalue weighted by Gasteiger charge is -2.31. The molecule has 1 amide bonds. The fraction of sp³-hybridized carbons (Fsp3) is 0.944. The molecular weight excluding hydrogens is 292 g/mol. The van der Waals surface area contributed by atoms with E-state index in [1.807, 2.05) is 11.8 Å². The smallest absolute Gasteiger partial charge is 0.251 e. The van der Waals surface area contributed by atoms with E-state index >= 15 is 0 Å². The highest BCUT2D eigenvalue weighted by Crippen LogP contribution is 2.26. The topological polar surface area (TPSA) is 42.0 Å². The summed E-state index contributed by atoms with van der Waals surface area (Å²) in [4.78, 5) is 17.1. The first-order valence-electron chi connectivity index (χ1n) is 9.25. The van der Waals surface area contributed by atoms with Gasteiger partial charge in [-0.3, -0.25) is 9.69 Å². The minimum Gasteiger partial charge on any atom is -0.383 e. The van der Waals surface area contributed by atoms with Gasteiger partial charge in [-0.25, -0.2) is 0 Å². The zero-order valence-electron chi connectivity index (χ0n) is 15.1. The zero-order chi connectivity index (χ0) is 16.7. The summed E-state index contributed by atoms with van der Waals surface area (Å²) in [6, 6.07) is 0. The van der Waals surface area contributed by atoms with Crippen molar-refractivity contribution < 1.29 is 14.3 Å². The van der Waals surface area contributed by atoms with E-state index in [0.29, 0.717) is 0 Å². The Hall–Kier alpha value is -0.650. The lowest BCUT2D eigenvalue weighted by atomic mass is 9.88. The minimum absolute atomic E-state index is 0.164. The van der Waals surface area contributed by atoms with Gasteiger partial charge in [0.1, 0.15) is 6.10 Å². The Morgan fingerprint density at radius 2 is 2.00 bits per heavy atom. The first-order valence-corrected chi connectivity index (χ1v) is 9.25. The van der Waals surface area contributed by atoms with Crippen molar-refractivity contribution in [2.24, 2.45) is 5.92 Å². The first-order chi connectivity index (χ1) is 11.1. The maximum Gasteiger partial charge on any atom is 0.251 e. The molecule has 2 rings (SSSR count). The highest BCUT2D eigenvalue weighted by Gasteiger charge is 2.27. The van der Waals surface area contributed by atoms with Crippen LogP contribution in [-0.2, 0) is 14.3 Å². The van der Waals surface area contributed by atoms with Gasteiger partial charge in [-0.1, -0.05) is 19.8 Å². The van der Waals surface area contributed by atoms with Crippen molar-refractivity contribution in [1.29, 1.82) is 0 Å². The van der Waals surface area contributed by atoms with Crippen LogP contribution in [0.5, 0.6) is 0 Å². The van der Waals surface area contributed by atoms with Crippen LogP contribution in [-0.4, -0.2) is 74.4 Å². The predicted octanol–water partition coefficient (Wildman–Crippen LogP) is 2.15. The Labute approximate surface area is 141 Å². The molecule has 1 saturated heterocycles. The normalized spacial score (nSPS) is 28.4. The highest BCUT2D eigenvalue weighted by atomic mass is 16.5. The van der Waals surface area contributed by atoms with Crippen LogP contribution < -0.4 is 0 Å². The van der Waals surface area contributed by atoms with Crippen molar-refractivity contribution in [1.82, 2.24) is 9.80 Å². The molecule has 5 heteroatoms. The Balaban J connectivity index is 1.77. The molecule has 0 radical (unpaired) electrons. The van der Waals surface area contributed by atoms with Crippen LogP contribution in [0.15, 0.2) is 0 Å². The third-order valence-electron chi connectivity index (χ3n) is 5.14. The number of amides is 1. The Kier molecular flexibility index (Phi) is 7.80. The fourth-order valence-electron chi connectivity index (χ4n) is 3.74.